The van der Waals surface area contributed by atoms with E-state index in [4.69, 9.17) is 4.74 Å². The number of para-hydroxylation sites is 1. The minimum absolute atomic E-state index is 0.0909. The number of nitro benzene ring substituents is 1. The van der Waals surface area contributed by atoms with Crippen LogP contribution in [0.3, 0.4) is 0 Å². The van der Waals surface area contributed by atoms with Crippen molar-refractivity contribution >= 4 is 5.69 Å². The molecule has 0 aliphatic heterocycles. The lowest BCUT2D eigenvalue weighted by molar-refractivity contribution is -0.388. The van der Waals surface area contributed by atoms with E-state index in [1.54, 1.807) is 0 Å². The van der Waals surface area contributed by atoms with Gasteiger partial charge in [0, 0.05) is 0 Å². The van der Waals surface area contributed by atoms with Gasteiger partial charge in [0.2, 0.25) is 11.6 Å². The van der Waals surface area contributed by atoms with Crippen molar-refractivity contribution in [2.75, 3.05) is 0 Å². The number of hydrogen-bond acceptors (Lipinski definition) is 3. The van der Waals surface area contributed by atoms with E-state index in [9.17, 15) is 14.5 Å². The van der Waals surface area contributed by atoms with Gasteiger partial charge < -0.3 is 4.74 Å². The number of halogens is 1. The summed E-state index contributed by atoms with van der Waals surface area (Å²) in [5.74, 6) is -0.471. The standard InChI is InChI=1S/C15H14FNO3/c1-9-7-8-10(2)15(11(9)3)20-13-6-4-5-12(16)14(13)17(18)19/h4-8H,1-3H3. The van der Waals surface area contributed by atoms with Crippen LogP contribution in [0.25, 0.3) is 0 Å². The van der Waals surface area contributed by atoms with Crippen molar-refractivity contribution in [3.05, 3.63) is 63.0 Å². The molecule has 0 saturated heterocycles. The fraction of sp³-hybridized carbons (Fsp3) is 0.200. The topological polar surface area (TPSA) is 52.4 Å². The van der Waals surface area contributed by atoms with Crippen LogP contribution < -0.4 is 4.74 Å². The molecule has 0 saturated carbocycles. The second-order valence-electron chi connectivity index (χ2n) is 4.60. The Kier molecular flexibility index (Phi) is 3.70. The highest BCUT2D eigenvalue weighted by atomic mass is 19.1. The number of nitro groups is 1. The predicted octanol–water partition coefficient (Wildman–Crippen LogP) is 4.45. The Labute approximate surface area is 116 Å². The second-order valence-corrected chi connectivity index (χ2v) is 4.60. The van der Waals surface area contributed by atoms with Crippen LogP contribution in [0.1, 0.15) is 16.7 Å². The minimum Gasteiger partial charge on any atom is -0.449 e. The SMILES string of the molecule is Cc1ccc(C)c(Oc2cccc(F)c2[N+](=O)[O-])c1C. The Bertz CT molecular complexity index is 683. The van der Waals surface area contributed by atoms with Crippen LogP contribution in [0.15, 0.2) is 30.3 Å². The number of benzene rings is 2. The highest BCUT2D eigenvalue weighted by Gasteiger charge is 2.22. The summed E-state index contributed by atoms with van der Waals surface area (Å²) >= 11 is 0. The van der Waals surface area contributed by atoms with Crippen molar-refractivity contribution < 1.29 is 14.1 Å². The Morgan fingerprint density at radius 3 is 2.40 bits per heavy atom. The van der Waals surface area contributed by atoms with Crippen molar-refractivity contribution in [2.24, 2.45) is 0 Å². The summed E-state index contributed by atoms with van der Waals surface area (Å²) in [5, 5.41) is 11.0. The third-order valence-electron chi connectivity index (χ3n) is 3.22. The van der Waals surface area contributed by atoms with Gasteiger partial charge in [-0.2, -0.15) is 4.39 Å². The molecule has 0 N–H and O–H groups in total. The van der Waals surface area contributed by atoms with Gasteiger partial charge in [0.25, 0.3) is 0 Å². The molecule has 20 heavy (non-hydrogen) atoms. The third kappa shape index (κ3) is 2.47. The molecule has 0 unspecified atom stereocenters. The molecule has 0 atom stereocenters. The first-order valence-corrected chi connectivity index (χ1v) is 6.09. The summed E-state index contributed by atoms with van der Waals surface area (Å²) in [4.78, 5) is 10.2. The summed E-state index contributed by atoms with van der Waals surface area (Å²) in [7, 11) is 0. The van der Waals surface area contributed by atoms with E-state index >= 15 is 0 Å². The van der Waals surface area contributed by atoms with Gasteiger partial charge in [-0.05, 0) is 49.6 Å². The first kappa shape index (κ1) is 14.0. The molecule has 0 fully saturated rings. The van der Waals surface area contributed by atoms with Gasteiger partial charge in [0.15, 0.2) is 0 Å². The average molecular weight is 275 g/mol. The lowest BCUT2D eigenvalue weighted by Crippen LogP contribution is -1.99. The van der Waals surface area contributed by atoms with E-state index < -0.39 is 16.4 Å². The summed E-state index contributed by atoms with van der Waals surface area (Å²) < 4.78 is 19.2. The monoisotopic (exact) mass is 275 g/mol. The smallest absolute Gasteiger partial charge is 0.346 e. The summed E-state index contributed by atoms with van der Waals surface area (Å²) in [6.07, 6.45) is 0. The van der Waals surface area contributed by atoms with E-state index in [1.807, 2.05) is 32.9 Å². The molecule has 4 nitrogen and oxygen atoms in total. The first-order chi connectivity index (χ1) is 9.41. The van der Waals surface area contributed by atoms with Crippen molar-refractivity contribution in [3.8, 4) is 11.5 Å². The van der Waals surface area contributed by atoms with Crippen LogP contribution in [0, 0.1) is 36.7 Å². The molecule has 0 radical (unpaired) electrons. The summed E-state index contributed by atoms with van der Waals surface area (Å²) in [6.45, 7) is 5.62. The van der Waals surface area contributed by atoms with Crippen LogP contribution in [0.5, 0.6) is 11.5 Å². The Balaban J connectivity index is 2.54. The Hall–Kier alpha value is -2.43. The fourth-order valence-electron chi connectivity index (χ4n) is 1.95. The molecule has 0 aromatic heterocycles. The lowest BCUT2D eigenvalue weighted by Gasteiger charge is -2.13. The summed E-state index contributed by atoms with van der Waals surface area (Å²) in [6, 6.07) is 7.63. The molecule has 0 aliphatic rings. The van der Waals surface area contributed by atoms with Crippen LogP contribution in [0.2, 0.25) is 0 Å². The van der Waals surface area contributed by atoms with Crippen LogP contribution in [-0.4, -0.2) is 4.92 Å². The van der Waals surface area contributed by atoms with Gasteiger partial charge in [-0.25, -0.2) is 0 Å². The number of hydrogen-bond donors (Lipinski definition) is 0. The highest BCUT2D eigenvalue weighted by molar-refractivity contribution is 5.53. The normalized spacial score (nSPS) is 10.4. The number of aryl methyl sites for hydroxylation is 2. The zero-order valence-corrected chi connectivity index (χ0v) is 11.4. The molecule has 0 aliphatic carbocycles. The zero-order valence-electron chi connectivity index (χ0n) is 11.4. The van der Waals surface area contributed by atoms with Gasteiger partial charge in [-0.15, -0.1) is 0 Å². The highest BCUT2D eigenvalue weighted by Crippen LogP contribution is 2.36. The van der Waals surface area contributed by atoms with Crippen LogP contribution in [0.4, 0.5) is 10.1 Å². The molecule has 0 heterocycles. The van der Waals surface area contributed by atoms with Gasteiger partial charge in [-0.3, -0.25) is 10.1 Å². The fourth-order valence-corrected chi connectivity index (χ4v) is 1.95. The minimum atomic E-state index is -0.907. The van der Waals surface area contributed by atoms with E-state index in [0.717, 1.165) is 22.8 Å². The van der Waals surface area contributed by atoms with Gasteiger partial charge >= 0.3 is 5.69 Å². The van der Waals surface area contributed by atoms with E-state index in [1.165, 1.54) is 12.1 Å². The average Bonchev–Trinajstić information content (AvgIpc) is 2.39. The first-order valence-electron chi connectivity index (χ1n) is 6.09. The predicted molar refractivity (Wildman–Crippen MR) is 73.8 cm³/mol. The number of rotatable bonds is 3. The largest absolute Gasteiger partial charge is 0.449 e. The maximum absolute atomic E-state index is 13.6. The zero-order chi connectivity index (χ0) is 14.9. The maximum atomic E-state index is 13.6. The molecule has 104 valence electrons. The molecule has 0 bridgehead atoms. The molecule has 5 heteroatoms. The number of nitrogens with zero attached hydrogens (tertiary/aromatic N) is 1. The second kappa shape index (κ2) is 5.28. The summed E-state index contributed by atoms with van der Waals surface area (Å²) in [5.41, 5.74) is 2.08. The lowest BCUT2D eigenvalue weighted by atomic mass is 10.1. The van der Waals surface area contributed by atoms with E-state index in [-0.39, 0.29) is 5.75 Å². The van der Waals surface area contributed by atoms with Crippen molar-refractivity contribution in [2.45, 2.75) is 20.8 Å². The van der Waals surface area contributed by atoms with Crippen LogP contribution >= 0.6 is 0 Å². The molecule has 2 aromatic carbocycles. The van der Waals surface area contributed by atoms with Crippen molar-refractivity contribution in [1.29, 1.82) is 0 Å². The van der Waals surface area contributed by atoms with E-state index in [0.29, 0.717) is 5.75 Å². The Morgan fingerprint density at radius 1 is 1.10 bits per heavy atom. The Morgan fingerprint density at radius 2 is 1.75 bits per heavy atom. The third-order valence-corrected chi connectivity index (χ3v) is 3.22. The number of ether oxygens (including phenoxy) is 1. The quantitative estimate of drug-likeness (QED) is 0.614. The molecule has 2 aromatic rings. The van der Waals surface area contributed by atoms with Gasteiger partial charge in [0.05, 0.1) is 4.92 Å². The molecule has 0 spiro atoms. The van der Waals surface area contributed by atoms with Gasteiger partial charge in [-0.1, -0.05) is 18.2 Å². The van der Waals surface area contributed by atoms with Gasteiger partial charge in [0.1, 0.15) is 5.75 Å². The molecular formula is C15H14FNO3. The molecule has 2 rings (SSSR count). The van der Waals surface area contributed by atoms with Crippen LogP contribution in [-0.2, 0) is 0 Å². The molecular weight excluding hydrogens is 261 g/mol. The maximum Gasteiger partial charge on any atom is 0.346 e. The van der Waals surface area contributed by atoms with Crippen molar-refractivity contribution in [3.63, 3.8) is 0 Å². The molecule has 0 amide bonds. The van der Waals surface area contributed by atoms with E-state index in [2.05, 4.69) is 0 Å². The van der Waals surface area contributed by atoms with Crippen molar-refractivity contribution in [1.82, 2.24) is 0 Å².